The van der Waals surface area contributed by atoms with Crippen molar-refractivity contribution >= 4 is 33.4 Å². The Morgan fingerprint density at radius 1 is 1.48 bits per heavy atom. The lowest BCUT2D eigenvalue weighted by Gasteiger charge is -2.16. The molecule has 5 heteroatoms. The lowest BCUT2D eigenvalue weighted by Crippen LogP contribution is -2.29. The van der Waals surface area contributed by atoms with Crippen LogP contribution in [0.5, 0.6) is 0 Å². The molecule has 4 nitrogen and oxygen atoms in total. The van der Waals surface area contributed by atoms with Crippen LogP contribution in [0.15, 0.2) is 22.7 Å². The quantitative estimate of drug-likeness (QED) is 0.883. The van der Waals surface area contributed by atoms with Gasteiger partial charge in [-0.3, -0.25) is 9.59 Å². The number of likely N-dealkylation sites (tertiary alicyclic amines) is 1. The molecular weight excluding hydrogens is 332 g/mol. The lowest BCUT2D eigenvalue weighted by molar-refractivity contribution is -0.128. The van der Waals surface area contributed by atoms with Crippen molar-refractivity contribution in [1.29, 1.82) is 0 Å². The number of unbranched alkanes of at least 4 members (excludes halogenated alkanes) is 1. The number of nitrogens with zero attached hydrogens (tertiary/aromatic N) is 1. The number of amides is 2. The van der Waals surface area contributed by atoms with Gasteiger partial charge in [0, 0.05) is 29.7 Å². The summed E-state index contributed by atoms with van der Waals surface area (Å²) in [6, 6.07) is 5.72. The van der Waals surface area contributed by atoms with Crippen LogP contribution in [-0.2, 0) is 9.59 Å². The summed E-state index contributed by atoms with van der Waals surface area (Å²) in [4.78, 5) is 26.0. The van der Waals surface area contributed by atoms with Crippen LogP contribution in [-0.4, -0.2) is 29.8 Å². The van der Waals surface area contributed by atoms with Crippen LogP contribution >= 0.6 is 15.9 Å². The third-order valence-electron chi connectivity index (χ3n) is 3.81. The number of halogens is 1. The first kappa shape index (κ1) is 16.0. The molecule has 1 aliphatic rings. The number of carbonyl (C=O) groups excluding carboxylic acids is 2. The Balaban J connectivity index is 1.95. The zero-order valence-corrected chi connectivity index (χ0v) is 14.1. The lowest BCUT2D eigenvalue weighted by atomic mass is 10.1. The molecule has 0 spiro atoms. The van der Waals surface area contributed by atoms with E-state index in [-0.39, 0.29) is 17.7 Å². The van der Waals surface area contributed by atoms with Crippen molar-refractivity contribution in [3.63, 3.8) is 0 Å². The van der Waals surface area contributed by atoms with Crippen LogP contribution < -0.4 is 5.32 Å². The number of hydrogen-bond donors (Lipinski definition) is 1. The third kappa shape index (κ3) is 4.06. The van der Waals surface area contributed by atoms with E-state index in [1.165, 1.54) is 0 Å². The fourth-order valence-corrected chi connectivity index (χ4v) is 2.81. The molecule has 0 radical (unpaired) electrons. The van der Waals surface area contributed by atoms with Crippen LogP contribution in [0, 0.1) is 12.8 Å². The summed E-state index contributed by atoms with van der Waals surface area (Å²) < 4.78 is 0.965. The molecule has 1 aliphatic heterocycles. The van der Waals surface area contributed by atoms with Gasteiger partial charge in [-0.1, -0.05) is 35.3 Å². The van der Waals surface area contributed by atoms with Crippen LogP contribution in [0.4, 0.5) is 5.69 Å². The van der Waals surface area contributed by atoms with Gasteiger partial charge in [0.1, 0.15) is 0 Å². The van der Waals surface area contributed by atoms with E-state index in [4.69, 9.17) is 0 Å². The monoisotopic (exact) mass is 352 g/mol. The summed E-state index contributed by atoms with van der Waals surface area (Å²) in [5.41, 5.74) is 1.88. The fourth-order valence-electron chi connectivity index (χ4n) is 2.43. The highest BCUT2D eigenvalue weighted by Crippen LogP contribution is 2.23. The number of anilines is 1. The van der Waals surface area contributed by atoms with E-state index in [1.807, 2.05) is 25.1 Å². The topological polar surface area (TPSA) is 49.4 Å². The maximum Gasteiger partial charge on any atom is 0.229 e. The average Bonchev–Trinajstić information content (AvgIpc) is 2.82. The van der Waals surface area contributed by atoms with Crippen molar-refractivity contribution in [3.05, 3.63) is 28.2 Å². The number of benzene rings is 1. The number of aryl methyl sites for hydroxylation is 1. The number of carbonyl (C=O) groups is 2. The van der Waals surface area contributed by atoms with E-state index in [0.717, 1.165) is 35.1 Å². The Morgan fingerprint density at radius 2 is 2.24 bits per heavy atom. The Morgan fingerprint density at radius 3 is 2.90 bits per heavy atom. The van der Waals surface area contributed by atoms with E-state index < -0.39 is 0 Å². The molecule has 0 saturated carbocycles. The first-order valence-electron chi connectivity index (χ1n) is 7.36. The predicted molar refractivity (Wildman–Crippen MR) is 87.1 cm³/mol. The van der Waals surface area contributed by atoms with Crippen molar-refractivity contribution in [2.75, 3.05) is 18.4 Å². The predicted octanol–water partition coefficient (Wildman–Crippen LogP) is 3.34. The zero-order valence-electron chi connectivity index (χ0n) is 12.5. The summed E-state index contributed by atoms with van der Waals surface area (Å²) in [7, 11) is 0. The Bertz CT molecular complexity index is 545. The molecule has 2 rings (SSSR count). The molecule has 114 valence electrons. The minimum atomic E-state index is -0.241. The van der Waals surface area contributed by atoms with Gasteiger partial charge in [-0.15, -0.1) is 0 Å². The molecule has 21 heavy (non-hydrogen) atoms. The molecule has 1 saturated heterocycles. The van der Waals surface area contributed by atoms with Crippen molar-refractivity contribution < 1.29 is 9.59 Å². The second-order valence-corrected chi connectivity index (χ2v) is 6.40. The minimum absolute atomic E-state index is 0.0712. The standard InChI is InChI=1S/C16H21BrN2O2/c1-3-4-7-19-10-12(8-15(19)20)16(21)18-13-6-5-11(2)14(17)9-13/h5-6,9,12H,3-4,7-8,10H2,1-2H3,(H,18,21). The molecule has 1 heterocycles. The van der Waals surface area contributed by atoms with Gasteiger partial charge in [0.2, 0.25) is 11.8 Å². The number of rotatable bonds is 5. The minimum Gasteiger partial charge on any atom is -0.342 e. The van der Waals surface area contributed by atoms with Gasteiger partial charge in [0.15, 0.2) is 0 Å². The molecule has 1 aromatic rings. The third-order valence-corrected chi connectivity index (χ3v) is 4.66. The van der Waals surface area contributed by atoms with E-state index in [1.54, 1.807) is 4.90 Å². The summed E-state index contributed by atoms with van der Waals surface area (Å²) in [6.07, 6.45) is 2.37. The summed E-state index contributed by atoms with van der Waals surface area (Å²) in [5, 5.41) is 2.90. The summed E-state index contributed by atoms with van der Waals surface area (Å²) in [5.74, 6) is -0.221. The van der Waals surface area contributed by atoms with E-state index in [0.29, 0.717) is 13.0 Å². The van der Waals surface area contributed by atoms with Gasteiger partial charge in [0.25, 0.3) is 0 Å². The van der Waals surface area contributed by atoms with Crippen LogP contribution in [0.3, 0.4) is 0 Å². The molecule has 1 atom stereocenters. The van der Waals surface area contributed by atoms with Crippen molar-refractivity contribution in [2.24, 2.45) is 5.92 Å². The first-order chi connectivity index (χ1) is 10.0. The summed E-state index contributed by atoms with van der Waals surface area (Å²) in [6.45, 7) is 5.39. The molecule has 0 aromatic heterocycles. The zero-order chi connectivity index (χ0) is 15.4. The van der Waals surface area contributed by atoms with Crippen molar-refractivity contribution in [3.8, 4) is 0 Å². The second kappa shape index (κ2) is 7.07. The molecule has 1 unspecified atom stereocenters. The normalized spacial score (nSPS) is 18.1. The first-order valence-corrected chi connectivity index (χ1v) is 8.15. The second-order valence-electron chi connectivity index (χ2n) is 5.55. The number of nitrogens with one attached hydrogen (secondary N) is 1. The van der Waals surface area contributed by atoms with Crippen LogP contribution in [0.25, 0.3) is 0 Å². The Labute approximate surface area is 134 Å². The average molecular weight is 353 g/mol. The number of hydrogen-bond acceptors (Lipinski definition) is 2. The smallest absolute Gasteiger partial charge is 0.229 e. The largest absolute Gasteiger partial charge is 0.342 e. The van der Waals surface area contributed by atoms with Gasteiger partial charge in [-0.2, -0.15) is 0 Å². The Kier molecular flexibility index (Phi) is 5.39. The molecule has 0 aliphatic carbocycles. The molecule has 1 N–H and O–H groups in total. The highest BCUT2D eigenvalue weighted by atomic mass is 79.9. The van der Waals surface area contributed by atoms with Crippen molar-refractivity contribution in [2.45, 2.75) is 33.1 Å². The van der Waals surface area contributed by atoms with E-state index in [2.05, 4.69) is 28.2 Å². The van der Waals surface area contributed by atoms with Gasteiger partial charge < -0.3 is 10.2 Å². The molecule has 1 aromatic carbocycles. The highest BCUT2D eigenvalue weighted by molar-refractivity contribution is 9.10. The van der Waals surface area contributed by atoms with E-state index >= 15 is 0 Å². The fraction of sp³-hybridized carbons (Fsp3) is 0.500. The molecule has 0 bridgehead atoms. The maximum atomic E-state index is 12.3. The van der Waals surface area contributed by atoms with Gasteiger partial charge in [-0.05, 0) is 31.0 Å². The SMILES string of the molecule is CCCCN1CC(C(=O)Nc2ccc(C)c(Br)c2)CC1=O. The highest BCUT2D eigenvalue weighted by Gasteiger charge is 2.33. The molecule has 2 amide bonds. The van der Waals surface area contributed by atoms with Gasteiger partial charge in [-0.25, -0.2) is 0 Å². The van der Waals surface area contributed by atoms with Crippen LogP contribution in [0.1, 0.15) is 31.7 Å². The van der Waals surface area contributed by atoms with Gasteiger partial charge >= 0.3 is 0 Å². The van der Waals surface area contributed by atoms with E-state index in [9.17, 15) is 9.59 Å². The summed E-state index contributed by atoms with van der Waals surface area (Å²) >= 11 is 3.45. The van der Waals surface area contributed by atoms with Gasteiger partial charge in [0.05, 0.1) is 5.92 Å². The van der Waals surface area contributed by atoms with Crippen molar-refractivity contribution in [1.82, 2.24) is 4.90 Å². The maximum absolute atomic E-state index is 12.3. The molecule has 1 fully saturated rings. The van der Waals surface area contributed by atoms with Crippen LogP contribution in [0.2, 0.25) is 0 Å². The molecular formula is C16H21BrN2O2. The Hall–Kier alpha value is -1.36.